The number of imidazole rings is 1. The maximum Gasteiger partial charge on any atom is 0.123 e. The monoisotopic (exact) mass is 392 g/mol. The second kappa shape index (κ2) is 6.90. The van der Waals surface area contributed by atoms with E-state index in [0.717, 1.165) is 33.7 Å². The topological polar surface area (TPSA) is 38.0 Å². The van der Waals surface area contributed by atoms with Crippen LogP contribution in [0.4, 0.5) is 0 Å². The minimum absolute atomic E-state index is 0.166. The third-order valence-corrected chi connectivity index (χ3v) is 5.78. The van der Waals surface area contributed by atoms with Gasteiger partial charge in [-0.05, 0) is 60.1 Å². The standard InChI is InChI=1S/C26H36N2O/c1-15(2)24-27-21-11-16(3)17(4)12-22(21)28(24)18-13-19(25(5,6)7)23(29)20(14-18)26(8,9)10/h11-15,29H,1-10H3. The summed E-state index contributed by atoms with van der Waals surface area (Å²) in [5, 5.41) is 11.1. The average Bonchev–Trinajstić information content (AvgIpc) is 2.92. The van der Waals surface area contributed by atoms with E-state index in [2.05, 4.69) is 98.1 Å². The summed E-state index contributed by atoms with van der Waals surface area (Å²) in [5.74, 6) is 1.75. The number of rotatable bonds is 2. The van der Waals surface area contributed by atoms with E-state index in [4.69, 9.17) is 4.98 Å². The molecule has 3 nitrogen and oxygen atoms in total. The van der Waals surface area contributed by atoms with E-state index >= 15 is 0 Å². The Hall–Kier alpha value is -2.29. The average molecular weight is 393 g/mol. The summed E-state index contributed by atoms with van der Waals surface area (Å²) in [4.78, 5) is 5.00. The van der Waals surface area contributed by atoms with E-state index in [0.29, 0.717) is 5.75 Å². The largest absolute Gasteiger partial charge is 0.507 e. The van der Waals surface area contributed by atoms with Crippen LogP contribution in [0.25, 0.3) is 16.7 Å². The number of nitrogens with zero attached hydrogens (tertiary/aromatic N) is 2. The van der Waals surface area contributed by atoms with Gasteiger partial charge in [-0.2, -0.15) is 0 Å². The minimum atomic E-state index is -0.166. The lowest BCUT2D eigenvalue weighted by Crippen LogP contribution is -2.18. The Kier molecular flexibility index (Phi) is 5.09. The molecule has 3 rings (SSSR count). The summed E-state index contributed by atoms with van der Waals surface area (Å²) in [7, 11) is 0. The SMILES string of the molecule is Cc1cc2nc(C(C)C)n(-c3cc(C(C)(C)C)c(O)c(C(C)(C)C)c3)c2cc1C. The van der Waals surface area contributed by atoms with Crippen molar-refractivity contribution in [1.82, 2.24) is 9.55 Å². The van der Waals surface area contributed by atoms with Crippen molar-refractivity contribution in [1.29, 1.82) is 0 Å². The Morgan fingerprint density at radius 1 is 0.828 bits per heavy atom. The van der Waals surface area contributed by atoms with Crippen LogP contribution in [-0.4, -0.2) is 14.7 Å². The molecule has 0 fully saturated rings. The van der Waals surface area contributed by atoms with E-state index in [1.807, 2.05) is 0 Å². The first-order valence-electron chi connectivity index (χ1n) is 10.6. The zero-order valence-corrected chi connectivity index (χ0v) is 19.7. The highest BCUT2D eigenvalue weighted by Gasteiger charge is 2.28. The number of aromatic nitrogens is 2. The molecule has 0 aliphatic heterocycles. The van der Waals surface area contributed by atoms with Crippen molar-refractivity contribution in [3.63, 3.8) is 0 Å². The summed E-state index contributed by atoms with van der Waals surface area (Å²) >= 11 is 0. The quantitative estimate of drug-likeness (QED) is 0.506. The molecule has 0 spiro atoms. The van der Waals surface area contributed by atoms with E-state index in [1.165, 1.54) is 11.1 Å². The molecule has 0 bridgehead atoms. The number of aryl methyl sites for hydroxylation is 2. The highest BCUT2D eigenvalue weighted by Crippen LogP contribution is 2.41. The molecule has 0 saturated carbocycles. The zero-order chi connectivity index (χ0) is 21.9. The molecule has 0 aliphatic rings. The number of fused-ring (bicyclic) bond motifs is 1. The maximum atomic E-state index is 11.1. The van der Waals surface area contributed by atoms with Gasteiger partial charge in [-0.25, -0.2) is 4.98 Å². The summed E-state index contributed by atoms with van der Waals surface area (Å²) < 4.78 is 2.29. The van der Waals surface area contributed by atoms with Gasteiger partial charge in [0, 0.05) is 22.7 Å². The van der Waals surface area contributed by atoms with Crippen LogP contribution in [-0.2, 0) is 10.8 Å². The lowest BCUT2D eigenvalue weighted by Gasteiger charge is -2.29. The molecular formula is C26H36N2O. The second-order valence-corrected chi connectivity index (χ2v) is 10.8. The number of hydrogen-bond acceptors (Lipinski definition) is 2. The van der Waals surface area contributed by atoms with Crippen LogP contribution in [0.1, 0.15) is 89.4 Å². The summed E-state index contributed by atoms with van der Waals surface area (Å²) in [6, 6.07) is 8.71. The lowest BCUT2D eigenvalue weighted by molar-refractivity contribution is 0.423. The third-order valence-electron chi connectivity index (χ3n) is 5.78. The van der Waals surface area contributed by atoms with Crippen molar-refractivity contribution >= 4 is 11.0 Å². The number of hydrogen-bond donors (Lipinski definition) is 1. The maximum absolute atomic E-state index is 11.1. The van der Waals surface area contributed by atoms with Crippen LogP contribution in [0.3, 0.4) is 0 Å². The lowest BCUT2D eigenvalue weighted by atomic mass is 9.79. The first kappa shape index (κ1) is 21.4. The normalized spacial score (nSPS) is 12.9. The molecule has 1 N–H and O–H groups in total. The van der Waals surface area contributed by atoms with Gasteiger partial charge >= 0.3 is 0 Å². The zero-order valence-electron chi connectivity index (χ0n) is 19.7. The highest BCUT2D eigenvalue weighted by molar-refractivity contribution is 5.80. The molecule has 156 valence electrons. The smallest absolute Gasteiger partial charge is 0.123 e. The van der Waals surface area contributed by atoms with Gasteiger partial charge < -0.3 is 5.11 Å². The summed E-state index contributed by atoms with van der Waals surface area (Å²) in [6.45, 7) is 21.6. The van der Waals surface area contributed by atoms with Crippen LogP contribution < -0.4 is 0 Å². The predicted octanol–water partition coefficient (Wildman–Crippen LogP) is 7.07. The van der Waals surface area contributed by atoms with Crippen molar-refractivity contribution in [2.24, 2.45) is 0 Å². The predicted molar refractivity (Wildman–Crippen MR) is 124 cm³/mol. The van der Waals surface area contributed by atoms with Crippen LogP contribution in [0.2, 0.25) is 0 Å². The molecule has 0 atom stereocenters. The minimum Gasteiger partial charge on any atom is -0.507 e. The first-order chi connectivity index (χ1) is 13.2. The van der Waals surface area contributed by atoms with Crippen LogP contribution in [0.5, 0.6) is 5.75 Å². The van der Waals surface area contributed by atoms with Crippen molar-refractivity contribution in [3.05, 3.63) is 52.3 Å². The van der Waals surface area contributed by atoms with Crippen molar-refractivity contribution in [2.75, 3.05) is 0 Å². The third kappa shape index (κ3) is 3.80. The molecule has 3 aromatic rings. The molecule has 2 aromatic carbocycles. The number of phenolic OH excluding ortho intramolecular Hbond substituents is 1. The van der Waals surface area contributed by atoms with Gasteiger partial charge in [-0.3, -0.25) is 4.57 Å². The van der Waals surface area contributed by atoms with Crippen molar-refractivity contribution in [3.8, 4) is 11.4 Å². The molecule has 29 heavy (non-hydrogen) atoms. The fourth-order valence-corrected chi connectivity index (χ4v) is 3.90. The fraction of sp³-hybridized carbons (Fsp3) is 0.500. The van der Waals surface area contributed by atoms with Crippen LogP contribution in [0, 0.1) is 13.8 Å². The first-order valence-corrected chi connectivity index (χ1v) is 10.6. The summed E-state index contributed by atoms with van der Waals surface area (Å²) in [5.41, 5.74) is 7.37. The Balaban J connectivity index is 2.46. The summed E-state index contributed by atoms with van der Waals surface area (Å²) in [6.07, 6.45) is 0. The van der Waals surface area contributed by atoms with Gasteiger partial charge in [-0.15, -0.1) is 0 Å². The van der Waals surface area contributed by atoms with Gasteiger partial charge in [0.1, 0.15) is 11.6 Å². The van der Waals surface area contributed by atoms with Crippen LogP contribution >= 0.6 is 0 Å². The van der Waals surface area contributed by atoms with Gasteiger partial charge in [0.15, 0.2) is 0 Å². The Bertz CT molecular complexity index is 1040. The van der Waals surface area contributed by atoms with Crippen molar-refractivity contribution in [2.45, 2.75) is 86.0 Å². The molecular weight excluding hydrogens is 356 g/mol. The molecule has 0 aliphatic carbocycles. The van der Waals surface area contributed by atoms with Gasteiger partial charge in [0.2, 0.25) is 0 Å². The van der Waals surface area contributed by atoms with Crippen molar-refractivity contribution < 1.29 is 5.11 Å². The molecule has 3 heteroatoms. The van der Waals surface area contributed by atoms with E-state index in [-0.39, 0.29) is 16.7 Å². The molecule has 0 unspecified atom stereocenters. The van der Waals surface area contributed by atoms with E-state index in [1.54, 1.807) is 0 Å². The highest BCUT2D eigenvalue weighted by atomic mass is 16.3. The number of aromatic hydroxyl groups is 1. The Labute approximate surface area is 175 Å². The Morgan fingerprint density at radius 2 is 1.31 bits per heavy atom. The Morgan fingerprint density at radius 3 is 1.76 bits per heavy atom. The molecule has 1 heterocycles. The van der Waals surface area contributed by atoms with Gasteiger partial charge in [0.25, 0.3) is 0 Å². The second-order valence-electron chi connectivity index (χ2n) is 10.8. The van der Waals surface area contributed by atoms with E-state index in [9.17, 15) is 5.11 Å². The number of benzene rings is 2. The van der Waals surface area contributed by atoms with E-state index < -0.39 is 0 Å². The molecule has 0 amide bonds. The van der Waals surface area contributed by atoms with Gasteiger partial charge in [-0.1, -0.05) is 55.4 Å². The molecule has 0 saturated heterocycles. The van der Waals surface area contributed by atoms with Crippen LogP contribution in [0.15, 0.2) is 24.3 Å². The van der Waals surface area contributed by atoms with Gasteiger partial charge in [0.05, 0.1) is 11.0 Å². The fourth-order valence-electron chi connectivity index (χ4n) is 3.90. The molecule has 0 radical (unpaired) electrons. The number of phenols is 1. The molecule has 1 aromatic heterocycles.